The van der Waals surface area contributed by atoms with Crippen LogP contribution in [-0.4, -0.2) is 67.1 Å². The first-order valence-corrected chi connectivity index (χ1v) is 8.47. The van der Waals surface area contributed by atoms with E-state index in [-0.39, 0.29) is 5.91 Å². The van der Waals surface area contributed by atoms with Crippen molar-refractivity contribution in [2.75, 3.05) is 33.7 Å². The van der Waals surface area contributed by atoms with Crippen molar-refractivity contribution in [1.82, 2.24) is 15.1 Å². The first-order valence-electron chi connectivity index (χ1n) is 8.47. The second kappa shape index (κ2) is 5.86. The molecule has 2 unspecified atom stereocenters. The van der Waals surface area contributed by atoms with E-state index >= 15 is 0 Å². The zero-order valence-corrected chi connectivity index (χ0v) is 13.5. The maximum atomic E-state index is 12.3. The molecule has 0 radical (unpaired) electrons. The molecular formula is C16H30N4O. The Labute approximate surface area is 128 Å². The highest BCUT2D eigenvalue weighted by Crippen LogP contribution is 2.42. The monoisotopic (exact) mass is 294 g/mol. The first kappa shape index (κ1) is 15.3. The summed E-state index contributed by atoms with van der Waals surface area (Å²) in [5.41, 5.74) is 5.36. The minimum absolute atomic E-state index is 0.145. The van der Waals surface area contributed by atoms with Crippen molar-refractivity contribution in [1.29, 1.82) is 0 Å². The van der Waals surface area contributed by atoms with Gasteiger partial charge in [0.2, 0.25) is 5.91 Å². The Balaban J connectivity index is 1.69. The van der Waals surface area contributed by atoms with Gasteiger partial charge in [-0.05, 0) is 65.1 Å². The topological polar surface area (TPSA) is 61.6 Å². The number of likely N-dealkylation sites (N-methyl/N-ethyl adjacent to an activating group) is 2. The van der Waals surface area contributed by atoms with Crippen LogP contribution in [0.4, 0.5) is 0 Å². The van der Waals surface area contributed by atoms with Crippen LogP contribution in [0.25, 0.3) is 0 Å². The summed E-state index contributed by atoms with van der Waals surface area (Å²) in [5.74, 6) is 0.298. The van der Waals surface area contributed by atoms with E-state index in [2.05, 4.69) is 29.2 Å². The van der Waals surface area contributed by atoms with Gasteiger partial charge in [-0.2, -0.15) is 0 Å². The third kappa shape index (κ3) is 3.41. The van der Waals surface area contributed by atoms with Gasteiger partial charge in [0, 0.05) is 25.2 Å². The maximum absolute atomic E-state index is 12.3. The molecule has 0 bridgehead atoms. The van der Waals surface area contributed by atoms with Crippen molar-refractivity contribution in [3.05, 3.63) is 0 Å². The van der Waals surface area contributed by atoms with Gasteiger partial charge < -0.3 is 10.6 Å². The Morgan fingerprint density at radius 1 is 1.33 bits per heavy atom. The molecule has 0 aromatic carbocycles. The highest BCUT2D eigenvalue weighted by Gasteiger charge is 2.52. The standard InChI is InChI=1S/C16H30N4O/c1-19-9-3-4-14(10-19)20(2)11-16(15(17)21,12-5-6-12)18-13-7-8-13/h12-14,18H,3-11H2,1-2H3,(H2,17,21). The lowest BCUT2D eigenvalue weighted by Crippen LogP contribution is -2.65. The summed E-state index contributed by atoms with van der Waals surface area (Å²) in [7, 11) is 4.35. The first-order chi connectivity index (χ1) is 10.0. The number of carbonyl (C=O) groups excluding carboxylic acids is 1. The molecule has 1 saturated heterocycles. The summed E-state index contributed by atoms with van der Waals surface area (Å²) < 4.78 is 0. The molecule has 0 aromatic heterocycles. The van der Waals surface area contributed by atoms with E-state index in [1.807, 2.05) is 0 Å². The Morgan fingerprint density at radius 2 is 2.05 bits per heavy atom. The van der Waals surface area contributed by atoms with Gasteiger partial charge in [-0.3, -0.25) is 15.0 Å². The zero-order valence-electron chi connectivity index (χ0n) is 13.5. The van der Waals surface area contributed by atoms with E-state index in [9.17, 15) is 4.79 Å². The van der Waals surface area contributed by atoms with Crippen molar-refractivity contribution in [2.24, 2.45) is 11.7 Å². The Morgan fingerprint density at radius 3 is 2.57 bits per heavy atom. The van der Waals surface area contributed by atoms with Crippen LogP contribution in [0.1, 0.15) is 38.5 Å². The van der Waals surface area contributed by atoms with Gasteiger partial charge in [0.05, 0.1) is 0 Å². The molecule has 3 aliphatic rings. The number of rotatable bonds is 7. The van der Waals surface area contributed by atoms with Crippen LogP contribution in [0.2, 0.25) is 0 Å². The fourth-order valence-corrected chi connectivity index (χ4v) is 3.83. The highest BCUT2D eigenvalue weighted by atomic mass is 16.1. The molecule has 3 rings (SSSR count). The Bertz CT molecular complexity index is 394. The van der Waals surface area contributed by atoms with Crippen LogP contribution in [0.5, 0.6) is 0 Å². The molecule has 3 fully saturated rings. The number of hydrogen-bond acceptors (Lipinski definition) is 4. The third-order valence-corrected chi connectivity index (χ3v) is 5.47. The molecule has 0 aromatic rings. The summed E-state index contributed by atoms with van der Waals surface area (Å²) in [6, 6.07) is 1.06. The van der Waals surface area contributed by atoms with Crippen molar-refractivity contribution in [3.8, 4) is 0 Å². The molecule has 21 heavy (non-hydrogen) atoms. The van der Waals surface area contributed by atoms with E-state index < -0.39 is 5.54 Å². The van der Waals surface area contributed by atoms with Crippen LogP contribution >= 0.6 is 0 Å². The summed E-state index contributed by atoms with van der Waals surface area (Å²) in [6.07, 6.45) is 7.13. The molecule has 1 aliphatic heterocycles. The molecule has 2 atom stereocenters. The van der Waals surface area contributed by atoms with Crippen LogP contribution in [0, 0.1) is 5.92 Å². The van der Waals surface area contributed by atoms with Crippen molar-refractivity contribution < 1.29 is 4.79 Å². The van der Waals surface area contributed by atoms with Crippen LogP contribution in [0.3, 0.4) is 0 Å². The Kier molecular flexibility index (Phi) is 4.26. The molecule has 0 spiro atoms. The predicted octanol–water partition coefficient (Wildman–Crippen LogP) is 0.399. The quantitative estimate of drug-likeness (QED) is 0.713. The van der Waals surface area contributed by atoms with Gasteiger partial charge >= 0.3 is 0 Å². The molecule has 5 heteroatoms. The van der Waals surface area contributed by atoms with E-state index in [4.69, 9.17) is 5.73 Å². The number of nitrogens with two attached hydrogens (primary N) is 1. The number of carbonyl (C=O) groups is 1. The van der Waals surface area contributed by atoms with Crippen molar-refractivity contribution in [2.45, 2.75) is 56.1 Å². The second-order valence-electron chi connectivity index (χ2n) is 7.50. The normalized spacial score (nSPS) is 30.3. The second-order valence-corrected chi connectivity index (χ2v) is 7.50. The van der Waals surface area contributed by atoms with Crippen LogP contribution in [0.15, 0.2) is 0 Å². The number of hydrogen-bond donors (Lipinski definition) is 2. The number of likely N-dealkylation sites (tertiary alicyclic amines) is 1. The summed E-state index contributed by atoms with van der Waals surface area (Å²) >= 11 is 0. The van der Waals surface area contributed by atoms with E-state index in [1.54, 1.807) is 0 Å². The third-order valence-electron chi connectivity index (χ3n) is 5.47. The maximum Gasteiger partial charge on any atom is 0.239 e. The van der Waals surface area contributed by atoms with Gasteiger partial charge in [-0.1, -0.05) is 0 Å². The Hall–Kier alpha value is -0.650. The number of primary amides is 1. The summed E-state index contributed by atoms with van der Waals surface area (Å²) in [5, 5.41) is 3.62. The fourth-order valence-electron chi connectivity index (χ4n) is 3.83. The minimum Gasteiger partial charge on any atom is -0.368 e. The minimum atomic E-state index is -0.494. The van der Waals surface area contributed by atoms with Gasteiger partial charge in [0.1, 0.15) is 5.54 Å². The predicted molar refractivity (Wildman–Crippen MR) is 84.0 cm³/mol. The highest BCUT2D eigenvalue weighted by molar-refractivity contribution is 5.86. The molecule has 3 N–H and O–H groups in total. The smallest absolute Gasteiger partial charge is 0.239 e. The summed E-state index contributed by atoms with van der Waals surface area (Å²) in [6.45, 7) is 3.05. The largest absolute Gasteiger partial charge is 0.368 e. The lowest BCUT2D eigenvalue weighted by atomic mass is 9.90. The van der Waals surface area contributed by atoms with Gasteiger partial charge in [0.15, 0.2) is 0 Å². The van der Waals surface area contributed by atoms with Gasteiger partial charge in [0.25, 0.3) is 0 Å². The zero-order chi connectivity index (χ0) is 15.0. The van der Waals surface area contributed by atoms with Crippen LogP contribution < -0.4 is 11.1 Å². The lowest BCUT2D eigenvalue weighted by Gasteiger charge is -2.41. The molecule has 1 amide bonds. The van der Waals surface area contributed by atoms with E-state index in [0.717, 1.165) is 25.9 Å². The van der Waals surface area contributed by atoms with E-state index in [0.29, 0.717) is 18.0 Å². The van der Waals surface area contributed by atoms with E-state index in [1.165, 1.54) is 32.2 Å². The molecule has 2 saturated carbocycles. The average Bonchev–Trinajstić information content (AvgIpc) is 3.30. The number of nitrogens with one attached hydrogen (secondary N) is 1. The van der Waals surface area contributed by atoms with Crippen molar-refractivity contribution in [3.63, 3.8) is 0 Å². The number of piperidine rings is 1. The lowest BCUT2D eigenvalue weighted by molar-refractivity contribution is -0.126. The van der Waals surface area contributed by atoms with Crippen LogP contribution in [-0.2, 0) is 4.79 Å². The summed E-state index contributed by atoms with van der Waals surface area (Å²) in [4.78, 5) is 17.0. The fraction of sp³-hybridized carbons (Fsp3) is 0.938. The molecule has 120 valence electrons. The molecule has 2 aliphatic carbocycles. The SMILES string of the molecule is CN1CCCC(N(C)CC(NC2CC2)(C(N)=O)C2CC2)C1. The average molecular weight is 294 g/mol. The number of amides is 1. The molecule has 1 heterocycles. The molecular weight excluding hydrogens is 264 g/mol. The van der Waals surface area contributed by atoms with Gasteiger partial charge in [-0.25, -0.2) is 0 Å². The molecule has 5 nitrogen and oxygen atoms in total. The number of nitrogens with zero attached hydrogens (tertiary/aromatic N) is 2. The van der Waals surface area contributed by atoms with Gasteiger partial charge in [-0.15, -0.1) is 0 Å². The van der Waals surface area contributed by atoms with Crippen molar-refractivity contribution >= 4 is 5.91 Å².